The molecule has 1 aliphatic rings. The molecule has 1 heterocycles. The second-order valence-electron chi connectivity index (χ2n) is 10.2. The highest BCUT2D eigenvalue weighted by Crippen LogP contribution is 2.41. The summed E-state index contributed by atoms with van der Waals surface area (Å²) in [6.45, 7) is 13.9. The first-order chi connectivity index (χ1) is 15.2. The van der Waals surface area contributed by atoms with Gasteiger partial charge in [0.05, 0.1) is 15.5 Å². The molecule has 0 aromatic heterocycles. The van der Waals surface area contributed by atoms with E-state index in [1.54, 1.807) is 25.1 Å². The Morgan fingerprint density at radius 3 is 2.15 bits per heavy atom. The van der Waals surface area contributed by atoms with Crippen molar-refractivity contribution in [1.29, 1.82) is 0 Å². The fourth-order valence-electron chi connectivity index (χ4n) is 3.50. The van der Waals surface area contributed by atoms with Gasteiger partial charge in [-0.2, -0.15) is 0 Å². The minimum absolute atomic E-state index is 0.0181. The first-order valence-corrected chi connectivity index (χ1v) is 11.4. The second kappa shape index (κ2) is 8.67. The van der Waals surface area contributed by atoms with Gasteiger partial charge in [-0.1, -0.05) is 47.6 Å². The molecule has 1 aliphatic heterocycles. The number of carbonyl (C=O) groups is 1. The summed E-state index contributed by atoms with van der Waals surface area (Å²) in [6, 6.07) is 8.51. The molecular formula is C25H29N3O4S. The van der Waals surface area contributed by atoms with Crippen molar-refractivity contribution in [3.05, 3.63) is 67.6 Å². The van der Waals surface area contributed by atoms with Gasteiger partial charge in [0.25, 0.3) is 11.6 Å². The first kappa shape index (κ1) is 24.5. The quantitative estimate of drug-likeness (QED) is 0.323. The number of hydrogen-bond donors (Lipinski definition) is 2. The number of carbonyl (C=O) groups excluding carboxylic acids is 1. The lowest BCUT2D eigenvalue weighted by molar-refractivity contribution is -0.385. The fraction of sp³-hybridized carbons (Fsp3) is 0.360. The lowest BCUT2D eigenvalue weighted by Crippen LogP contribution is -2.19. The van der Waals surface area contributed by atoms with Crippen LogP contribution in [0.5, 0.6) is 5.75 Å². The maximum Gasteiger partial charge on any atom is 0.274 e. The van der Waals surface area contributed by atoms with Gasteiger partial charge in [0.2, 0.25) is 0 Å². The van der Waals surface area contributed by atoms with Crippen LogP contribution in [-0.4, -0.2) is 21.1 Å². The van der Waals surface area contributed by atoms with Crippen molar-refractivity contribution < 1.29 is 14.8 Å². The number of aromatic hydroxyl groups is 1. The van der Waals surface area contributed by atoms with Crippen molar-refractivity contribution in [2.45, 2.75) is 59.3 Å². The number of amidine groups is 1. The number of phenols is 1. The van der Waals surface area contributed by atoms with Crippen LogP contribution in [0.3, 0.4) is 0 Å². The molecule has 0 radical (unpaired) electrons. The smallest absolute Gasteiger partial charge is 0.274 e. The molecule has 0 atom stereocenters. The highest BCUT2D eigenvalue weighted by atomic mass is 32.2. The first-order valence-electron chi connectivity index (χ1n) is 10.6. The molecule has 1 amide bonds. The summed E-state index contributed by atoms with van der Waals surface area (Å²) in [6.07, 6.45) is 1.78. The third-order valence-electron chi connectivity index (χ3n) is 5.32. The summed E-state index contributed by atoms with van der Waals surface area (Å²) >= 11 is 1.18. The molecule has 0 unspecified atom stereocenters. The highest BCUT2D eigenvalue weighted by Gasteiger charge is 2.28. The molecular weight excluding hydrogens is 438 g/mol. The highest BCUT2D eigenvalue weighted by molar-refractivity contribution is 8.18. The van der Waals surface area contributed by atoms with E-state index >= 15 is 0 Å². The van der Waals surface area contributed by atoms with E-state index < -0.39 is 4.92 Å². The van der Waals surface area contributed by atoms with Crippen molar-refractivity contribution in [2.24, 2.45) is 4.99 Å². The van der Waals surface area contributed by atoms with E-state index in [1.807, 2.05) is 53.7 Å². The lowest BCUT2D eigenvalue weighted by Gasteiger charge is -2.28. The maximum absolute atomic E-state index is 12.6. The molecule has 0 bridgehead atoms. The minimum Gasteiger partial charge on any atom is -0.507 e. The fourth-order valence-corrected chi connectivity index (χ4v) is 4.34. The molecule has 0 saturated carbocycles. The van der Waals surface area contributed by atoms with Crippen molar-refractivity contribution in [2.75, 3.05) is 0 Å². The Kier molecular flexibility index (Phi) is 6.44. The predicted octanol–water partition coefficient (Wildman–Crippen LogP) is 6.10. The molecule has 7 nitrogen and oxygen atoms in total. The number of aryl methyl sites for hydroxylation is 1. The van der Waals surface area contributed by atoms with Crippen LogP contribution in [0.1, 0.15) is 63.8 Å². The van der Waals surface area contributed by atoms with E-state index in [0.29, 0.717) is 21.3 Å². The lowest BCUT2D eigenvalue weighted by atomic mass is 9.78. The van der Waals surface area contributed by atoms with Crippen LogP contribution in [-0.2, 0) is 15.6 Å². The topological polar surface area (TPSA) is 105 Å². The summed E-state index contributed by atoms with van der Waals surface area (Å²) in [4.78, 5) is 28.2. The van der Waals surface area contributed by atoms with Gasteiger partial charge >= 0.3 is 0 Å². The molecule has 1 saturated heterocycles. The number of aliphatic imine (C=N–C) groups is 1. The predicted molar refractivity (Wildman–Crippen MR) is 134 cm³/mol. The monoisotopic (exact) mass is 467 g/mol. The van der Waals surface area contributed by atoms with Gasteiger partial charge in [-0.05, 0) is 59.4 Å². The molecule has 2 aromatic carbocycles. The van der Waals surface area contributed by atoms with Gasteiger partial charge < -0.3 is 10.4 Å². The number of hydrogen-bond acceptors (Lipinski definition) is 6. The van der Waals surface area contributed by atoms with Gasteiger partial charge in [0.1, 0.15) is 5.75 Å². The van der Waals surface area contributed by atoms with Gasteiger partial charge in [0.15, 0.2) is 5.17 Å². The summed E-state index contributed by atoms with van der Waals surface area (Å²) in [7, 11) is 0. The third-order valence-corrected chi connectivity index (χ3v) is 6.23. The van der Waals surface area contributed by atoms with Crippen LogP contribution in [0.15, 0.2) is 40.2 Å². The number of nitrogens with zero attached hydrogens (tertiary/aromatic N) is 2. The largest absolute Gasteiger partial charge is 0.507 e. The molecule has 174 valence electrons. The van der Waals surface area contributed by atoms with Gasteiger partial charge in [-0.15, -0.1) is 0 Å². The van der Waals surface area contributed by atoms with Crippen LogP contribution in [0.4, 0.5) is 11.4 Å². The number of nitro benzene ring substituents is 1. The molecule has 3 rings (SSSR count). The number of phenolic OH excluding ortho intramolecular Hbond substituents is 1. The van der Waals surface area contributed by atoms with E-state index in [9.17, 15) is 20.0 Å². The molecule has 8 heteroatoms. The Hall–Kier alpha value is -3.13. The maximum atomic E-state index is 12.6. The van der Waals surface area contributed by atoms with Crippen molar-refractivity contribution in [3.8, 4) is 5.75 Å². The molecule has 0 spiro atoms. The molecule has 2 N–H and O–H groups in total. The van der Waals surface area contributed by atoms with Crippen LogP contribution >= 0.6 is 11.8 Å². The zero-order valence-electron chi connectivity index (χ0n) is 19.9. The van der Waals surface area contributed by atoms with Gasteiger partial charge in [-0.25, -0.2) is 4.99 Å². The van der Waals surface area contributed by atoms with E-state index in [2.05, 4.69) is 10.3 Å². The number of rotatable bonds is 3. The van der Waals surface area contributed by atoms with Crippen LogP contribution in [0.25, 0.3) is 6.08 Å². The Morgan fingerprint density at radius 2 is 1.64 bits per heavy atom. The average molecular weight is 468 g/mol. The van der Waals surface area contributed by atoms with Crippen LogP contribution < -0.4 is 5.32 Å². The molecule has 2 aromatic rings. The van der Waals surface area contributed by atoms with Gasteiger partial charge in [0, 0.05) is 22.8 Å². The van der Waals surface area contributed by atoms with Crippen molar-refractivity contribution in [3.63, 3.8) is 0 Å². The van der Waals surface area contributed by atoms with E-state index in [1.165, 1.54) is 17.8 Å². The summed E-state index contributed by atoms with van der Waals surface area (Å²) in [5.41, 5.74) is 2.79. The zero-order valence-corrected chi connectivity index (χ0v) is 20.8. The van der Waals surface area contributed by atoms with E-state index in [4.69, 9.17) is 0 Å². The number of nitro groups is 1. The Labute approximate surface area is 198 Å². The third kappa shape index (κ3) is 5.45. The Balaban J connectivity index is 2.00. The van der Waals surface area contributed by atoms with E-state index in [-0.39, 0.29) is 28.2 Å². The Morgan fingerprint density at radius 1 is 1.06 bits per heavy atom. The normalized spacial score (nSPS) is 17.0. The van der Waals surface area contributed by atoms with Crippen molar-refractivity contribution in [1.82, 2.24) is 5.32 Å². The average Bonchev–Trinajstić information content (AvgIpc) is 3.01. The number of nitrogens with one attached hydrogen (secondary N) is 1. The Bertz CT molecular complexity index is 1170. The van der Waals surface area contributed by atoms with Crippen molar-refractivity contribution >= 4 is 40.3 Å². The number of benzene rings is 2. The van der Waals surface area contributed by atoms with Crippen LogP contribution in [0, 0.1) is 17.0 Å². The van der Waals surface area contributed by atoms with Crippen LogP contribution in [0.2, 0.25) is 0 Å². The zero-order chi connectivity index (χ0) is 24.7. The molecule has 1 fully saturated rings. The number of thioether (sulfide) groups is 1. The SMILES string of the molecule is Cc1ccc(N=C2NC(=O)/C(=C/c3cc(C(C)(C)C)c(O)c(C(C)(C)C)c3)S2)cc1[N+](=O)[O-]. The van der Waals surface area contributed by atoms with E-state index in [0.717, 1.165) is 16.7 Å². The number of amides is 1. The second-order valence-corrected chi connectivity index (χ2v) is 11.2. The standard InChI is InChI=1S/C25H29N3O4S/c1-14-8-9-16(13-19(14)28(31)32)26-23-27-22(30)20(33-23)12-15-10-17(24(2,3)4)21(29)18(11-15)25(5,6)7/h8-13,29H,1-7H3,(H,26,27,30)/b20-12-. The van der Waals surface area contributed by atoms with Gasteiger partial charge in [-0.3, -0.25) is 14.9 Å². The summed E-state index contributed by atoms with van der Waals surface area (Å²) in [5.74, 6) is -0.00746. The minimum atomic E-state index is -0.449. The molecule has 33 heavy (non-hydrogen) atoms. The summed E-state index contributed by atoms with van der Waals surface area (Å²) < 4.78 is 0. The summed E-state index contributed by atoms with van der Waals surface area (Å²) in [5, 5.41) is 25.2. The molecule has 0 aliphatic carbocycles.